The van der Waals surface area contributed by atoms with Crippen LogP contribution in [0.15, 0.2) is 77.7 Å². The van der Waals surface area contributed by atoms with Gasteiger partial charge < -0.3 is 14.8 Å². The number of para-hydroxylation sites is 2. The zero-order valence-electron chi connectivity index (χ0n) is 21.3. The number of sulfonamides is 1. The van der Waals surface area contributed by atoms with Crippen molar-refractivity contribution >= 4 is 33.2 Å². The molecule has 1 N–H and O–H groups in total. The van der Waals surface area contributed by atoms with E-state index in [-0.39, 0.29) is 16.7 Å². The van der Waals surface area contributed by atoms with Crippen molar-refractivity contribution in [3.05, 3.63) is 83.4 Å². The van der Waals surface area contributed by atoms with Crippen LogP contribution in [0.1, 0.15) is 32.8 Å². The molecule has 0 fully saturated rings. The van der Waals surface area contributed by atoms with E-state index < -0.39 is 22.5 Å². The van der Waals surface area contributed by atoms with Crippen molar-refractivity contribution < 1.29 is 22.7 Å². The van der Waals surface area contributed by atoms with Gasteiger partial charge in [-0.1, -0.05) is 35.9 Å². The monoisotopic (exact) mass is 544 g/mol. The summed E-state index contributed by atoms with van der Waals surface area (Å²) < 4.78 is 39.7. The van der Waals surface area contributed by atoms with Gasteiger partial charge in [-0.2, -0.15) is 0 Å². The Balaban J connectivity index is 1.71. The maximum Gasteiger partial charge on any atom is 0.264 e. The lowest BCUT2D eigenvalue weighted by molar-refractivity contribution is -0.119. The van der Waals surface area contributed by atoms with Crippen molar-refractivity contribution in [2.24, 2.45) is 0 Å². The molecule has 0 aliphatic carbocycles. The molecule has 3 aromatic carbocycles. The Morgan fingerprint density at radius 3 is 2.46 bits per heavy atom. The van der Waals surface area contributed by atoms with Crippen molar-refractivity contribution in [3.63, 3.8) is 0 Å². The third kappa shape index (κ3) is 8.13. The average Bonchev–Trinajstić information content (AvgIpc) is 2.86. The number of benzene rings is 3. The van der Waals surface area contributed by atoms with Gasteiger partial charge in [0.2, 0.25) is 5.91 Å². The van der Waals surface area contributed by atoms with E-state index in [1.54, 1.807) is 24.3 Å². The van der Waals surface area contributed by atoms with E-state index >= 15 is 0 Å². The van der Waals surface area contributed by atoms with Crippen LogP contribution in [0.2, 0.25) is 5.02 Å². The number of aryl methyl sites for hydroxylation is 1. The van der Waals surface area contributed by atoms with Crippen LogP contribution in [0, 0.1) is 0 Å². The quantitative estimate of drug-likeness (QED) is 0.288. The van der Waals surface area contributed by atoms with Crippen molar-refractivity contribution in [1.82, 2.24) is 5.32 Å². The molecule has 0 saturated heterocycles. The Morgan fingerprint density at radius 1 is 1.03 bits per heavy atom. The standard InChI is InChI=1S/C28H33ClN2O5S/c1-4-35-27-13-6-5-12-26(27)31(37(33,34)25-16-14-23(29)15-17-25)20-28(32)30-18-8-10-22-9-7-11-24(19-22)36-21(2)3/h5-7,9,11-17,19,21H,4,8,10,18,20H2,1-3H3,(H,30,32). The summed E-state index contributed by atoms with van der Waals surface area (Å²) in [4.78, 5) is 12.9. The zero-order chi connectivity index (χ0) is 26.8. The third-order valence-electron chi connectivity index (χ3n) is 5.36. The number of hydrogen-bond acceptors (Lipinski definition) is 5. The van der Waals surface area contributed by atoms with E-state index in [2.05, 4.69) is 5.32 Å². The number of nitrogens with zero attached hydrogens (tertiary/aromatic N) is 1. The number of carbonyl (C=O) groups excluding carboxylic acids is 1. The van der Waals surface area contributed by atoms with Gasteiger partial charge in [-0.3, -0.25) is 9.10 Å². The molecule has 0 bridgehead atoms. The Kier molecular flexibility index (Phi) is 10.2. The molecule has 198 valence electrons. The van der Waals surface area contributed by atoms with E-state index in [1.165, 1.54) is 24.3 Å². The number of halogens is 1. The lowest BCUT2D eigenvalue weighted by Crippen LogP contribution is -2.41. The van der Waals surface area contributed by atoms with Crippen molar-refractivity contribution in [1.29, 1.82) is 0 Å². The van der Waals surface area contributed by atoms with Gasteiger partial charge in [0, 0.05) is 11.6 Å². The summed E-state index contributed by atoms with van der Waals surface area (Å²) in [6.07, 6.45) is 1.53. The zero-order valence-corrected chi connectivity index (χ0v) is 22.9. The molecular weight excluding hydrogens is 512 g/mol. The van der Waals surface area contributed by atoms with E-state index in [1.807, 2.05) is 45.0 Å². The number of anilines is 1. The number of rotatable bonds is 13. The van der Waals surface area contributed by atoms with Gasteiger partial charge in [0.25, 0.3) is 10.0 Å². The van der Waals surface area contributed by atoms with Crippen LogP contribution in [0.3, 0.4) is 0 Å². The predicted molar refractivity (Wildman–Crippen MR) is 147 cm³/mol. The second-order valence-electron chi connectivity index (χ2n) is 8.63. The van der Waals surface area contributed by atoms with Crippen LogP contribution in [0.5, 0.6) is 11.5 Å². The van der Waals surface area contributed by atoms with Gasteiger partial charge in [0.05, 0.1) is 23.3 Å². The molecule has 0 aromatic heterocycles. The number of ether oxygens (including phenoxy) is 2. The summed E-state index contributed by atoms with van der Waals surface area (Å²) in [5.41, 5.74) is 1.39. The summed E-state index contributed by atoms with van der Waals surface area (Å²) >= 11 is 5.96. The Labute approximate surface area is 224 Å². The summed E-state index contributed by atoms with van der Waals surface area (Å²) in [5.74, 6) is 0.770. The molecule has 37 heavy (non-hydrogen) atoms. The fraction of sp³-hybridized carbons (Fsp3) is 0.321. The highest BCUT2D eigenvalue weighted by atomic mass is 35.5. The number of amides is 1. The van der Waals surface area contributed by atoms with Crippen LogP contribution in [-0.2, 0) is 21.2 Å². The summed E-state index contributed by atoms with van der Waals surface area (Å²) in [7, 11) is -4.08. The molecule has 0 atom stereocenters. The van der Waals surface area contributed by atoms with Crippen LogP contribution in [0.4, 0.5) is 5.69 Å². The maximum absolute atomic E-state index is 13.6. The van der Waals surface area contributed by atoms with E-state index in [0.29, 0.717) is 30.3 Å². The highest BCUT2D eigenvalue weighted by Gasteiger charge is 2.29. The number of nitrogens with one attached hydrogen (secondary N) is 1. The van der Waals surface area contributed by atoms with Gasteiger partial charge >= 0.3 is 0 Å². The molecule has 0 saturated carbocycles. The second kappa shape index (κ2) is 13.4. The first kappa shape index (κ1) is 28.3. The topological polar surface area (TPSA) is 84.9 Å². The minimum Gasteiger partial charge on any atom is -0.492 e. The lowest BCUT2D eigenvalue weighted by Gasteiger charge is -2.26. The van der Waals surface area contributed by atoms with Crippen molar-refractivity contribution in [3.8, 4) is 11.5 Å². The van der Waals surface area contributed by atoms with Crippen LogP contribution < -0.4 is 19.1 Å². The summed E-state index contributed by atoms with van der Waals surface area (Å²) in [6, 6.07) is 20.5. The first-order valence-electron chi connectivity index (χ1n) is 12.2. The molecule has 0 heterocycles. The minimum atomic E-state index is -4.08. The minimum absolute atomic E-state index is 0.0273. The van der Waals surface area contributed by atoms with E-state index in [0.717, 1.165) is 22.0 Å². The molecule has 3 rings (SSSR count). The van der Waals surface area contributed by atoms with E-state index in [4.69, 9.17) is 21.1 Å². The Bertz CT molecular complexity index is 1280. The lowest BCUT2D eigenvalue weighted by atomic mass is 10.1. The van der Waals surface area contributed by atoms with Gasteiger partial charge in [-0.15, -0.1) is 0 Å². The fourth-order valence-corrected chi connectivity index (χ4v) is 5.28. The van der Waals surface area contributed by atoms with Crippen LogP contribution in [0.25, 0.3) is 0 Å². The average molecular weight is 545 g/mol. The number of carbonyl (C=O) groups is 1. The van der Waals surface area contributed by atoms with E-state index in [9.17, 15) is 13.2 Å². The first-order valence-corrected chi connectivity index (χ1v) is 14.0. The van der Waals surface area contributed by atoms with Gasteiger partial charge in [-0.25, -0.2) is 8.42 Å². The smallest absolute Gasteiger partial charge is 0.264 e. The highest BCUT2D eigenvalue weighted by Crippen LogP contribution is 2.32. The molecule has 0 aliphatic rings. The number of hydrogen-bond donors (Lipinski definition) is 1. The molecule has 7 nitrogen and oxygen atoms in total. The molecular formula is C28H33ClN2O5S. The first-order chi connectivity index (χ1) is 17.7. The van der Waals surface area contributed by atoms with Gasteiger partial charge in [0.15, 0.2) is 0 Å². The fourth-order valence-electron chi connectivity index (χ4n) is 3.73. The molecule has 1 amide bonds. The van der Waals surface area contributed by atoms with Gasteiger partial charge in [-0.05, 0) is 87.7 Å². The molecule has 0 aliphatic heterocycles. The van der Waals surface area contributed by atoms with Crippen molar-refractivity contribution in [2.75, 3.05) is 24.0 Å². The maximum atomic E-state index is 13.6. The van der Waals surface area contributed by atoms with Crippen molar-refractivity contribution in [2.45, 2.75) is 44.6 Å². The summed E-state index contributed by atoms with van der Waals surface area (Å²) in [6.45, 7) is 6.12. The molecule has 0 radical (unpaired) electrons. The second-order valence-corrected chi connectivity index (χ2v) is 10.9. The molecule has 0 spiro atoms. The molecule has 0 unspecified atom stereocenters. The van der Waals surface area contributed by atoms with Gasteiger partial charge in [0.1, 0.15) is 18.0 Å². The molecule has 9 heteroatoms. The normalized spacial score (nSPS) is 11.3. The van der Waals surface area contributed by atoms with Crippen LogP contribution >= 0.6 is 11.6 Å². The summed E-state index contributed by atoms with van der Waals surface area (Å²) in [5, 5.41) is 3.26. The predicted octanol–water partition coefficient (Wildman–Crippen LogP) is 5.47. The third-order valence-corrected chi connectivity index (χ3v) is 7.38. The van der Waals surface area contributed by atoms with Crippen LogP contribution in [-0.4, -0.2) is 40.1 Å². The largest absolute Gasteiger partial charge is 0.492 e. The Morgan fingerprint density at radius 2 is 1.76 bits per heavy atom. The Hall–Kier alpha value is -3.23. The highest BCUT2D eigenvalue weighted by molar-refractivity contribution is 7.92. The molecule has 3 aromatic rings. The SMILES string of the molecule is CCOc1ccccc1N(CC(=O)NCCCc1cccc(OC(C)C)c1)S(=O)(=O)c1ccc(Cl)cc1.